The van der Waals surface area contributed by atoms with Gasteiger partial charge in [0.15, 0.2) is 0 Å². The van der Waals surface area contributed by atoms with Gasteiger partial charge in [-0.2, -0.15) is 5.10 Å². The molecule has 2 heterocycles. The lowest BCUT2D eigenvalue weighted by atomic mass is 10.0. The van der Waals surface area contributed by atoms with Gasteiger partial charge in [0.25, 0.3) is 0 Å². The summed E-state index contributed by atoms with van der Waals surface area (Å²) in [5, 5.41) is 7.42. The third kappa shape index (κ3) is 3.85. The first kappa shape index (κ1) is 16.7. The number of benzene rings is 1. The third-order valence-electron chi connectivity index (χ3n) is 4.51. The van der Waals surface area contributed by atoms with E-state index in [0.29, 0.717) is 6.04 Å². The van der Waals surface area contributed by atoms with Crippen LogP contribution in [-0.4, -0.2) is 39.2 Å². The second-order valence-corrected chi connectivity index (χ2v) is 6.74. The molecule has 1 saturated heterocycles. The number of carbonyl (C=O) groups excluding carboxylic acids is 1. The Labute approximate surface area is 143 Å². The molecule has 1 amide bonds. The minimum Gasteiger partial charge on any atom is -0.352 e. The Hall–Kier alpha value is -2.14. The van der Waals surface area contributed by atoms with Crippen LogP contribution in [0, 0.1) is 0 Å². The summed E-state index contributed by atoms with van der Waals surface area (Å²) in [5.74, 6) is 0.0866. The topological polar surface area (TPSA) is 50.2 Å². The van der Waals surface area contributed by atoms with Gasteiger partial charge in [-0.3, -0.25) is 14.4 Å². The van der Waals surface area contributed by atoms with Crippen molar-refractivity contribution in [2.24, 2.45) is 0 Å². The van der Waals surface area contributed by atoms with Crippen molar-refractivity contribution in [2.45, 2.75) is 51.4 Å². The molecule has 3 rings (SSSR count). The van der Waals surface area contributed by atoms with Crippen LogP contribution >= 0.6 is 0 Å². The van der Waals surface area contributed by atoms with E-state index in [1.54, 1.807) is 6.20 Å². The molecule has 0 unspecified atom stereocenters. The van der Waals surface area contributed by atoms with E-state index < -0.39 is 0 Å². The van der Waals surface area contributed by atoms with Crippen molar-refractivity contribution in [3.05, 3.63) is 54.4 Å². The number of rotatable bonds is 6. The van der Waals surface area contributed by atoms with E-state index >= 15 is 0 Å². The van der Waals surface area contributed by atoms with Gasteiger partial charge in [-0.1, -0.05) is 30.3 Å². The number of carbonyl (C=O) groups is 1. The highest BCUT2D eigenvalue weighted by molar-refractivity contribution is 5.83. The lowest BCUT2D eigenvalue weighted by Crippen LogP contribution is -2.45. The Bertz CT molecular complexity index is 639. The van der Waals surface area contributed by atoms with E-state index in [1.165, 1.54) is 0 Å². The average Bonchev–Trinajstić information content (AvgIpc) is 3.21. The molecule has 5 nitrogen and oxygen atoms in total. The van der Waals surface area contributed by atoms with Crippen molar-refractivity contribution in [3.63, 3.8) is 0 Å². The molecule has 24 heavy (non-hydrogen) atoms. The highest BCUT2D eigenvalue weighted by Gasteiger charge is 2.36. The van der Waals surface area contributed by atoms with Crippen molar-refractivity contribution >= 4 is 5.91 Å². The van der Waals surface area contributed by atoms with Gasteiger partial charge in [0.1, 0.15) is 6.04 Å². The van der Waals surface area contributed by atoms with Crippen LogP contribution in [-0.2, 0) is 11.3 Å². The molecular formula is C19H26N4O. The molecule has 1 aromatic heterocycles. The molecule has 5 heteroatoms. The monoisotopic (exact) mass is 326 g/mol. The van der Waals surface area contributed by atoms with Crippen LogP contribution in [0.2, 0.25) is 0 Å². The Balaban J connectivity index is 1.84. The predicted octanol–water partition coefficient (Wildman–Crippen LogP) is 2.61. The van der Waals surface area contributed by atoms with Crippen molar-refractivity contribution in [1.29, 1.82) is 0 Å². The Morgan fingerprint density at radius 1 is 1.29 bits per heavy atom. The van der Waals surface area contributed by atoms with Gasteiger partial charge in [0.2, 0.25) is 5.91 Å². The summed E-state index contributed by atoms with van der Waals surface area (Å²) in [7, 11) is 0. The van der Waals surface area contributed by atoms with E-state index in [4.69, 9.17) is 0 Å². The van der Waals surface area contributed by atoms with Gasteiger partial charge in [-0.05, 0) is 44.9 Å². The van der Waals surface area contributed by atoms with Crippen LogP contribution in [0.3, 0.4) is 0 Å². The van der Waals surface area contributed by atoms with E-state index in [0.717, 1.165) is 31.5 Å². The van der Waals surface area contributed by atoms with Crippen LogP contribution in [0.15, 0.2) is 48.8 Å². The Morgan fingerprint density at radius 3 is 2.75 bits per heavy atom. The maximum atomic E-state index is 12.9. The van der Waals surface area contributed by atoms with Crippen LogP contribution in [0.1, 0.15) is 38.3 Å². The first-order valence-electron chi connectivity index (χ1n) is 8.73. The molecule has 1 fully saturated rings. The van der Waals surface area contributed by atoms with Gasteiger partial charge in [0, 0.05) is 24.5 Å². The van der Waals surface area contributed by atoms with E-state index in [1.807, 2.05) is 61.1 Å². The zero-order valence-corrected chi connectivity index (χ0v) is 14.4. The minimum absolute atomic E-state index is 0.0866. The Kier molecular flexibility index (Phi) is 5.30. The van der Waals surface area contributed by atoms with Crippen LogP contribution < -0.4 is 5.32 Å². The molecule has 0 aliphatic carbocycles. The van der Waals surface area contributed by atoms with E-state index in [9.17, 15) is 4.79 Å². The summed E-state index contributed by atoms with van der Waals surface area (Å²) in [6.07, 6.45) is 6.00. The summed E-state index contributed by atoms with van der Waals surface area (Å²) in [6, 6.07) is 12.3. The maximum Gasteiger partial charge on any atom is 0.242 e. The Morgan fingerprint density at radius 2 is 2.08 bits per heavy atom. The summed E-state index contributed by atoms with van der Waals surface area (Å²) < 4.78 is 1.96. The maximum absolute atomic E-state index is 12.9. The molecule has 0 spiro atoms. The molecular weight excluding hydrogens is 300 g/mol. The van der Waals surface area contributed by atoms with Gasteiger partial charge < -0.3 is 5.32 Å². The first-order chi connectivity index (χ1) is 11.6. The number of amides is 1. The standard InChI is InChI=1S/C19H26N4O/c1-15(2)21-19(24)18(16-8-4-3-5-9-16)23-13-6-10-17(23)14-22-12-7-11-20-22/h3-5,7-9,11-12,15,17-18H,6,10,13-14H2,1-2H3,(H,21,24)/t17-,18+/m0/s1. The summed E-state index contributed by atoms with van der Waals surface area (Å²) >= 11 is 0. The first-order valence-corrected chi connectivity index (χ1v) is 8.73. The number of nitrogens with one attached hydrogen (secondary N) is 1. The number of hydrogen-bond donors (Lipinski definition) is 1. The second kappa shape index (κ2) is 7.62. The summed E-state index contributed by atoms with van der Waals surface area (Å²) in [6.45, 7) is 5.78. The number of nitrogens with zero attached hydrogens (tertiary/aromatic N) is 3. The predicted molar refractivity (Wildman–Crippen MR) is 94.4 cm³/mol. The van der Waals surface area contributed by atoms with Crippen molar-refractivity contribution < 1.29 is 4.79 Å². The smallest absolute Gasteiger partial charge is 0.242 e. The molecule has 2 atom stereocenters. The van der Waals surface area contributed by atoms with Gasteiger partial charge in [-0.25, -0.2) is 0 Å². The largest absolute Gasteiger partial charge is 0.352 e. The van der Waals surface area contributed by atoms with Gasteiger partial charge >= 0.3 is 0 Å². The van der Waals surface area contributed by atoms with Crippen LogP contribution in [0.25, 0.3) is 0 Å². The number of aromatic nitrogens is 2. The molecule has 1 aliphatic rings. The molecule has 0 radical (unpaired) electrons. The lowest BCUT2D eigenvalue weighted by molar-refractivity contribution is -0.127. The average molecular weight is 326 g/mol. The van der Waals surface area contributed by atoms with Crippen LogP contribution in [0.5, 0.6) is 0 Å². The molecule has 0 saturated carbocycles. The van der Waals surface area contributed by atoms with Crippen molar-refractivity contribution in [1.82, 2.24) is 20.0 Å². The van der Waals surface area contributed by atoms with Gasteiger partial charge in [0.05, 0.1) is 6.54 Å². The fourth-order valence-electron chi connectivity index (χ4n) is 3.51. The van der Waals surface area contributed by atoms with Crippen molar-refractivity contribution in [2.75, 3.05) is 6.54 Å². The minimum atomic E-state index is -0.239. The summed E-state index contributed by atoms with van der Waals surface area (Å²) in [4.78, 5) is 15.3. The zero-order chi connectivity index (χ0) is 16.9. The van der Waals surface area contributed by atoms with Crippen molar-refractivity contribution in [3.8, 4) is 0 Å². The quantitative estimate of drug-likeness (QED) is 0.888. The fourth-order valence-corrected chi connectivity index (χ4v) is 3.51. The SMILES string of the molecule is CC(C)NC(=O)[C@@H](c1ccccc1)N1CCC[C@H]1Cn1cccn1. The molecule has 128 valence electrons. The molecule has 1 aliphatic heterocycles. The van der Waals surface area contributed by atoms with Crippen LogP contribution in [0.4, 0.5) is 0 Å². The summed E-state index contributed by atoms with van der Waals surface area (Å²) in [5.41, 5.74) is 1.06. The lowest BCUT2D eigenvalue weighted by Gasteiger charge is -2.33. The second-order valence-electron chi connectivity index (χ2n) is 6.74. The molecule has 1 N–H and O–H groups in total. The van der Waals surface area contributed by atoms with Gasteiger partial charge in [-0.15, -0.1) is 0 Å². The molecule has 1 aromatic carbocycles. The zero-order valence-electron chi connectivity index (χ0n) is 14.4. The molecule has 0 bridgehead atoms. The highest BCUT2D eigenvalue weighted by atomic mass is 16.2. The van der Waals surface area contributed by atoms with E-state index in [-0.39, 0.29) is 18.0 Å². The molecule has 2 aromatic rings. The third-order valence-corrected chi connectivity index (χ3v) is 4.51. The number of hydrogen-bond acceptors (Lipinski definition) is 3. The fraction of sp³-hybridized carbons (Fsp3) is 0.474. The normalized spacial score (nSPS) is 19.5. The highest BCUT2D eigenvalue weighted by Crippen LogP contribution is 2.30. The number of likely N-dealkylation sites (tertiary alicyclic amines) is 1. The van der Waals surface area contributed by atoms with E-state index in [2.05, 4.69) is 15.3 Å².